The summed E-state index contributed by atoms with van der Waals surface area (Å²) in [7, 11) is 0. The summed E-state index contributed by atoms with van der Waals surface area (Å²) in [5.41, 5.74) is 6.84. The third-order valence-corrected chi connectivity index (χ3v) is 7.18. The predicted octanol–water partition coefficient (Wildman–Crippen LogP) is 4.89. The van der Waals surface area contributed by atoms with Crippen molar-refractivity contribution in [1.82, 2.24) is 19.5 Å². The van der Waals surface area contributed by atoms with Gasteiger partial charge in [0.25, 0.3) is 0 Å². The van der Waals surface area contributed by atoms with Gasteiger partial charge < -0.3 is 21.5 Å². The number of hydrogen-bond acceptors (Lipinski definition) is 7. The summed E-state index contributed by atoms with van der Waals surface area (Å²) in [4.78, 5) is 13.8. The largest absolute Gasteiger partial charge is 0.393 e. The lowest BCUT2D eigenvalue weighted by Crippen LogP contribution is -2.29. The molecule has 5 N–H and O–H groups in total. The van der Waals surface area contributed by atoms with Gasteiger partial charge in [-0.25, -0.2) is 18.7 Å². The number of para-hydroxylation sites is 1. The van der Waals surface area contributed by atoms with E-state index < -0.39 is 11.6 Å². The van der Waals surface area contributed by atoms with Crippen LogP contribution in [0.1, 0.15) is 64.8 Å². The molecule has 2 aromatic heterocycles. The number of halogens is 2. The Kier molecular flexibility index (Phi) is 7.81. The average Bonchev–Trinajstić information content (AvgIpc) is 3.20. The van der Waals surface area contributed by atoms with E-state index in [0.29, 0.717) is 35.5 Å². The van der Waals surface area contributed by atoms with Crippen LogP contribution in [-0.4, -0.2) is 43.3 Å². The van der Waals surface area contributed by atoms with Crippen LogP contribution in [-0.2, 0) is 0 Å². The van der Waals surface area contributed by atoms with E-state index in [1.807, 2.05) is 4.57 Å². The maximum absolute atomic E-state index is 14.4. The molecule has 2 aliphatic carbocycles. The third kappa shape index (κ3) is 5.38. The summed E-state index contributed by atoms with van der Waals surface area (Å²) >= 11 is 0. The summed E-state index contributed by atoms with van der Waals surface area (Å²) in [5, 5.41) is 16.0. The number of hydrogen-bond donors (Lipinski definition) is 4. The minimum atomic E-state index is -0.682. The second-order valence-corrected chi connectivity index (χ2v) is 9.49. The number of nitrogens with two attached hydrogens (primary N) is 1. The molecule has 35 heavy (non-hydrogen) atoms. The topological polar surface area (TPSA) is 114 Å². The highest BCUT2D eigenvalue weighted by molar-refractivity contribution is 5.76. The molecule has 2 saturated carbocycles. The van der Waals surface area contributed by atoms with Crippen LogP contribution in [0, 0.1) is 17.6 Å². The van der Waals surface area contributed by atoms with Crippen molar-refractivity contribution in [2.75, 3.05) is 17.2 Å². The summed E-state index contributed by atoms with van der Waals surface area (Å²) in [6, 6.07) is 4.04. The van der Waals surface area contributed by atoms with Crippen molar-refractivity contribution in [1.29, 1.82) is 0 Å². The Hall–Kier alpha value is -2.85. The maximum atomic E-state index is 14.4. The Balaban J connectivity index is 0.00000289. The minimum Gasteiger partial charge on any atom is -0.393 e. The molecule has 8 nitrogen and oxygen atoms in total. The molecular formula is C25H35F2N7O. The normalized spacial score (nSPS) is 24.7. The Bertz CT molecular complexity index is 1120. The molecule has 0 bridgehead atoms. The second kappa shape index (κ2) is 10.8. The molecule has 0 radical (unpaired) electrons. The molecule has 0 atom stereocenters. The molecule has 0 spiro atoms. The fraction of sp³-hybridized carbons (Fsp3) is 0.560. The van der Waals surface area contributed by atoms with Gasteiger partial charge in [-0.1, -0.05) is 13.5 Å². The smallest absolute Gasteiger partial charge is 0.224 e. The van der Waals surface area contributed by atoms with Crippen LogP contribution in [0.25, 0.3) is 11.2 Å². The number of nitrogens with one attached hydrogen (secondary N) is 2. The maximum Gasteiger partial charge on any atom is 0.224 e. The summed E-state index contributed by atoms with van der Waals surface area (Å²) < 4.78 is 30.8. The van der Waals surface area contributed by atoms with Crippen LogP contribution in [0.3, 0.4) is 0 Å². The molecule has 2 fully saturated rings. The average molecular weight is 488 g/mol. The molecular weight excluding hydrogens is 452 g/mol. The lowest BCUT2D eigenvalue weighted by Gasteiger charge is -2.30. The van der Waals surface area contributed by atoms with Crippen LogP contribution in [0.2, 0.25) is 0 Å². The first-order valence-electron chi connectivity index (χ1n) is 12.1. The van der Waals surface area contributed by atoms with E-state index in [0.717, 1.165) is 51.4 Å². The highest BCUT2D eigenvalue weighted by atomic mass is 19.1. The van der Waals surface area contributed by atoms with Crippen molar-refractivity contribution in [2.24, 2.45) is 11.7 Å². The number of imidazole rings is 1. The number of aliphatic hydroxyl groups excluding tert-OH is 1. The highest BCUT2D eigenvalue weighted by Gasteiger charge is 2.27. The van der Waals surface area contributed by atoms with Gasteiger partial charge >= 0.3 is 0 Å². The van der Waals surface area contributed by atoms with E-state index in [9.17, 15) is 13.9 Å². The van der Waals surface area contributed by atoms with Gasteiger partial charge in [0.2, 0.25) is 11.9 Å². The van der Waals surface area contributed by atoms with Crippen LogP contribution in [0.4, 0.5) is 26.4 Å². The van der Waals surface area contributed by atoms with Crippen molar-refractivity contribution in [2.45, 2.75) is 77.0 Å². The molecule has 2 heterocycles. The van der Waals surface area contributed by atoms with Gasteiger partial charge in [-0.2, -0.15) is 4.98 Å². The third-order valence-electron chi connectivity index (χ3n) is 7.18. The van der Waals surface area contributed by atoms with Crippen LogP contribution in [0.5, 0.6) is 0 Å². The lowest BCUT2D eigenvalue weighted by atomic mass is 9.86. The predicted molar refractivity (Wildman–Crippen MR) is 134 cm³/mol. The molecule has 3 aromatic rings. The summed E-state index contributed by atoms with van der Waals surface area (Å²) in [6.45, 7) is 0.662. The summed E-state index contributed by atoms with van der Waals surface area (Å²) in [5.74, 6) is -0.0338. The van der Waals surface area contributed by atoms with E-state index in [4.69, 9.17) is 10.7 Å². The van der Waals surface area contributed by atoms with E-state index >= 15 is 0 Å². The molecule has 1 aromatic carbocycles. The SMILES string of the molecule is C.NCC1CCC(n2c(Nc3c(F)cccc3F)nc3cnc(NC4CCC(O)CC4)nc32)CC1. The van der Waals surface area contributed by atoms with E-state index in [1.54, 1.807) is 6.20 Å². The molecule has 0 saturated heterocycles. The number of fused-ring (bicyclic) bond motifs is 1. The van der Waals surface area contributed by atoms with Gasteiger partial charge in [0.05, 0.1) is 12.3 Å². The van der Waals surface area contributed by atoms with Crippen molar-refractivity contribution in [3.63, 3.8) is 0 Å². The molecule has 0 aliphatic heterocycles. The zero-order chi connectivity index (χ0) is 23.7. The number of benzene rings is 1. The number of aliphatic hydroxyl groups is 1. The molecule has 190 valence electrons. The van der Waals surface area contributed by atoms with Crippen LogP contribution < -0.4 is 16.4 Å². The van der Waals surface area contributed by atoms with Gasteiger partial charge in [0.15, 0.2) is 5.65 Å². The van der Waals surface area contributed by atoms with Gasteiger partial charge in [0.1, 0.15) is 22.8 Å². The van der Waals surface area contributed by atoms with Crippen molar-refractivity contribution < 1.29 is 13.9 Å². The fourth-order valence-electron chi connectivity index (χ4n) is 5.17. The second-order valence-electron chi connectivity index (χ2n) is 9.49. The zero-order valence-corrected chi connectivity index (χ0v) is 19.1. The number of anilines is 3. The van der Waals surface area contributed by atoms with E-state index in [1.165, 1.54) is 18.2 Å². The Morgan fingerprint density at radius 3 is 2.34 bits per heavy atom. The summed E-state index contributed by atoms with van der Waals surface area (Å²) in [6.07, 6.45) is 8.35. The Morgan fingerprint density at radius 2 is 1.69 bits per heavy atom. The lowest BCUT2D eigenvalue weighted by molar-refractivity contribution is 0.126. The number of rotatable bonds is 6. The minimum absolute atomic E-state index is 0. The number of aromatic nitrogens is 4. The standard InChI is InChI=1S/C24H31F2N7O.CH4/c25-18-2-1-3-19(26)21(18)31-24-30-20-13-28-23(29-15-6-10-17(34)11-7-15)32-22(20)33(24)16-8-4-14(12-27)5-9-16;/h1-3,13-17,34H,4-12,27H2,(H,30,31)(H,28,29,32);1H4. The van der Waals surface area contributed by atoms with Crippen molar-refractivity contribution in [3.8, 4) is 0 Å². The van der Waals surface area contributed by atoms with Gasteiger partial charge in [-0.3, -0.25) is 4.57 Å². The van der Waals surface area contributed by atoms with Crippen LogP contribution in [0.15, 0.2) is 24.4 Å². The first kappa shape index (κ1) is 25.2. The molecule has 2 aliphatic rings. The van der Waals surface area contributed by atoms with Gasteiger partial charge in [0, 0.05) is 12.1 Å². The Morgan fingerprint density at radius 1 is 1.00 bits per heavy atom. The first-order chi connectivity index (χ1) is 16.5. The molecule has 5 rings (SSSR count). The molecule has 0 unspecified atom stereocenters. The first-order valence-corrected chi connectivity index (χ1v) is 12.1. The molecule has 0 amide bonds. The van der Waals surface area contributed by atoms with Gasteiger partial charge in [-0.15, -0.1) is 0 Å². The highest BCUT2D eigenvalue weighted by Crippen LogP contribution is 2.37. The number of nitrogens with zero attached hydrogens (tertiary/aromatic N) is 4. The zero-order valence-electron chi connectivity index (χ0n) is 19.1. The molecule has 10 heteroatoms. The fourth-order valence-corrected chi connectivity index (χ4v) is 5.17. The van der Waals surface area contributed by atoms with E-state index in [-0.39, 0.29) is 31.3 Å². The Labute approximate surface area is 204 Å². The van der Waals surface area contributed by atoms with E-state index in [2.05, 4.69) is 20.6 Å². The van der Waals surface area contributed by atoms with Crippen LogP contribution >= 0.6 is 0 Å². The van der Waals surface area contributed by atoms with Gasteiger partial charge in [-0.05, 0) is 76.0 Å². The monoisotopic (exact) mass is 487 g/mol. The van der Waals surface area contributed by atoms with Crippen molar-refractivity contribution in [3.05, 3.63) is 36.0 Å². The van der Waals surface area contributed by atoms with Crippen molar-refractivity contribution >= 4 is 28.7 Å². The quantitative estimate of drug-likeness (QED) is 0.391.